The predicted octanol–water partition coefficient (Wildman–Crippen LogP) is 2.57. The quantitative estimate of drug-likeness (QED) is 0.650. The molecule has 5 nitrogen and oxygen atoms in total. The maximum Gasteiger partial charge on any atom is 0.221 e. The Labute approximate surface area is 145 Å². The Bertz CT molecular complexity index is 854. The normalized spacial score (nSPS) is 10.8. The van der Waals surface area contributed by atoms with Gasteiger partial charge in [-0.3, -0.25) is 14.8 Å². The summed E-state index contributed by atoms with van der Waals surface area (Å²) in [6, 6.07) is 10.3. The third kappa shape index (κ3) is 4.81. The number of carbonyl (C=O) groups is 1. The molecule has 0 bridgehead atoms. The molecule has 0 radical (unpaired) electrons. The Hall–Kier alpha value is -2.86. The van der Waals surface area contributed by atoms with Crippen molar-refractivity contribution in [3.8, 4) is 0 Å². The Morgan fingerprint density at radius 3 is 2.84 bits per heavy atom. The van der Waals surface area contributed by atoms with Gasteiger partial charge in [0.25, 0.3) is 0 Å². The molecule has 2 N–H and O–H groups in total. The summed E-state index contributed by atoms with van der Waals surface area (Å²) in [5.74, 6) is -0.329. The molecule has 1 amide bonds. The highest BCUT2D eigenvalue weighted by atomic mass is 19.1. The predicted molar refractivity (Wildman–Crippen MR) is 94.1 cm³/mol. The van der Waals surface area contributed by atoms with E-state index in [1.165, 1.54) is 12.1 Å². The van der Waals surface area contributed by atoms with Crippen LogP contribution in [0.1, 0.15) is 17.5 Å². The molecule has 2 aromatic heterocycles. The van der Waals surface area contributed by atoms with Crippen molar-refractivity contribution in [1.29, 1.82) is 0 Å². The number of halogens is 1. The van der Waals surface area contributed by atoms with Crippen molar-refractivity contribution in [2.24, 2.45) is 0 Å². The third-order valence-electron chi connectivity index (χ3n) is 3.81. The summed E-state index contributed by atoms with van der Waals surface area (Å²) in [6.45, 7) is 1.43. The Morgan fingerprint density at radius 2 is 2.00 bits per heavy atom. The fourth-order valence-corrected chi connectivity index (χ4v) is 2.58. The molecule has 0 saturated heterocycles. The van der Waals surface area contributed by atoms with E-state index >= 15 is 0 Å². The summed E-state index contributed by atoms with van der Waals surface area (Å²) >= 11 is 0. The molecule has 0 aliphatic heterocycles. The molecule has 3 rings (SSSR count). The number of nitrogens with zero attached hydrogens (tertiary/aromatic N) is 2. The second-order valence-corrected chi connectivity index (χ2v) is 5.70. The Morgan fingerprint density at radius 1 is 1.12 bits per heavy atom. The lowest BCUT2D eigenvalue weighted by Gasteiger charge is -2.09. The number of rotatable bonds is 7. The standard InChI is InChI=1S/C19H19FN4O/c20-17-9-15-4-2-7-23-19(15)16(10-17)13-22-8-5-18(25)24-12-14-3-1-6-21-11-14/h1-4,6-7,9-11,22H,5,8,12-13H2,(H,24,25). The van der Waals surface area contributed by atoms with Gasteiger partial charge in [-0.05, 0) is 35.4 Å². The van der Waals surface area contributed by atoms with Gasteiger partial charge in [-0.25, -0.2) is 4.39 Å². The van der Waals surface area contributed by atoms with E-state index in [4.69, 9.17) is 0 Å². The van der Waals surface area contributed by atoms with Crippen molar-refractivity contribution < 1.29 is 9.18 Å². The fraction of sp³-hybridized carbons (Fsp3) is 0.211. The van der Waals surface area contributed by atoms with E-state index in [1.54, 1.807) is 24.7 Å². The van der Waals surface area contributed by atoms with E-state index in [2.05, 4.69) is 20.6 Å². The van der Waals surface area contributed by atoms with Gasteiger partial charge in [-0.1, -0.05) is 12.1 Å². The topological polar surface area (TPSA) is 66.9 Å². The van der Waals surface area contributed by atoms with Crippen molar-refractivity contribution >= 4 is 16.8 Å². The second-order valence-electron chi connectivity index (χ2n) is 5.70. The van der Waals surface area contributed by atoms with Crippen molar-refractivity contribution in [2.45, 2.75) is 19.5 Å². The van der Waals surface area contributed by atoms with E-state index in [0.29, 0.717) is 26.1 Å². The van der Waals surface area contributed by atoms with Gasteiger partial charge in [0.15, 0.2) is 0 Å². The minimum Gasteiger partial charge on any atom is -0.352 e. The van der Waals surface area contributed by atoms with Gasteiger partial charge < -0.3 is 10.6 Å². The van der Waals surface area contributed by atoms with Gasteiger partial charge in [-0.2, -0.15) is 0 Å². The van der Waals surface area contributed by atoms with E-state index in [0.717, 1.165) is 22.0 Å². The number of nitrogens with one attached hydrogen (secondary N) is 2. The summed E-state index contributed by atoms with van der Waals surface area (Å²) in [5, 5.41) is 6.79. The summed E-state index contributed by atoms with van der Waals surface area (Å²) in [7, 11) is 0. The zero-order valence-electron chi connectivity index (χ0n) is 13.7. The molecule has 0 atom stereocenters. The average molecular weight is 338 g/mol. The highest BCUT2D eigenvalue weighted by Gasteiger charge is 2.06. The maximum atomic E-state index is 13.7. The lowest BCUT2D eigenvalue weighted by atomic mass is 10.1. The molecular formula is C19H19FN4O. The van der Waals surface area contributed by atoms with Crippen LogP contribution in [0.15, 0.2) is 55.0 Å². The van der Waals surface area contributed by atoms with E-state index in [9.17, 15) is 9.18 Å². The van der Waals surface area contributed by atoms with Crippen LogP contribution < -0.4 is 10.6 Å². The van der Waals surface area contributed by atoms with Crippen LogP contribution >= 0.6 is 0 Å². The number of hydrogen-bond donors (Lipinski definition) is 2. The largest absolute Gasteiger partial charge is 0.352 e. The molecule has 1 aromatic carbocycles. The van der Waals surface area contributed by atoms with Gasteiger partial charge >= 0.3 is 0 Å². The molecule has 2 heterocycles. The molecule has 3 aromatic rings. The lowest BCUT2D eigenvalue weighted by Crippen LogP contribution is -2.27. The van der Waals surface area contributed by atoms with E-state index < -0.39 is 0 Å². The van der Waals surface area contributed by atoms with Crippen molar-refractivity contribution in [2.75, 3.05) is 6.54 Å². The van der Waals surface area contributed by atoms with Crippen molar-refractivity contribution in [1.82, 2.24) is 20.6 Å². The van der Waals surface area contributed by atoms with Crippen LogP contribution in [0.2, 0.25) is 0 Å². The fourth-order valence-electron chi connectivity index (χ4n) is 2.58. The maximum absolute atomic E-state index is 13.7. The molecule has 128 valence electrons. The Balaban J connectivity index is 1.46. The number of carbonyl (C=O) groups excluding carboxylic acids is 1. The van der Waals surface area contributed by atoms with Crippen molar-refractivity contribution in [3.05, 3.63) is 71.9 Å². The minimum atomic E-state index is -0.286. The number of fused-ring (bicyclic) bond motifs is 1. The molecule has 0 fully saturated rings. The van der Waals surface area contributed by atoms with Crippen LogP contribution in [0.3, 0.4) is 0 Å². The smallest absolute Gasteiger partial charge is 0.221 e. The highest BCUT2D eigenvalue weighted by Crippen LogP contribution is 2.18. The molecule has 0 unspecified atom stereocenters. The summed E-state index contributed by atoms with van der Waals surface area (Å²) < 4.78 is 13.7. The number of hydrogen-bond acceptors (Lipinski definition) is 4. The van der Waals surface area contributed by atoms with E-state index in [1.807, 2.05) is 18.2 Å². The van der Waals surface area contributed by atoms with Gasteiger partial charge in [0.1, 0.15) is 5.82 Å². The van der Waals surface area contributed by atoms with Crippen molar-refractivity contribution in [3.63, 3.8) is 0 Å². The Kier molecular flexibility index (Phi) is 5.64. The number of pyridine rings is 2. The first-order valence-corrected chi connectivity index (χ1v) is 8.12. The number of benzene rings is 1. The summed E-state index contributed by atoms with van der Waals surface area (Å²) in [4.78, 5) is 20.2. The number of amides is 1. The highest BCUT2D eigenvalue weighted by molar-refractivity contribution is 5.81. The molecular weight excluding hydrogens is 319 g/mol. The first-order valence-electron chi connectivity index (χ1n) is 8.12. The molecule has 0 saturated carbocycles. The summed E-state index contributed by atoms with van der Waals surface area (Å²) in [6.07, 6.45) is 5.46. The van der Waals surface area contributed by atoms with Gasteiger partial charge in [-0.15, -0.1) is 0 Å². The summed E-state index contributed by atoms with van der Waals surface area (Å²) in [5.41, 5.74) is 2.52. The van der Waals surface area contributed by atoms with Crippen LogP contribution in [0, 0.1) is 5.82 Å². The zero-order chi connectivity index (χ0) is 17.5. The SMILES string of the molecule is O=C(CCNCc1cc(F)cc2cccnc12)NCc1cccnc1. The zero-order valence-corrected chi connectivity index (χ0v) is 13.7. The molecule has 6 heteroatoms. The van der Waals surface area contributed by atoms with Gasteiger partial charge in [0.05, 0.1) is 5.52 Å². The lowest BCUT2D eigenvalue weighted by molar-refractivity contribution is -0.121. The van der Waals surface area contributed by atoms with E-state index in [-0.39, 0.29) is 11.7 Å². The third-order valence-corrected chi connectivity index (χ3v) is 3.81. The molecule has 0 aliphatic carbocycles. The average Bonchev–Trinajstić information content (AvgIpc) is 2.64. The van der Waals surface area contributed by atoms with Crippen LogP contribution in [0.25, 0.3) is 10.9 Å². The van der Waals surface area contributed by atoms with Crippen LogP contribution in [0.4, 0.5) is 4.39 Å². The van der Waals surface area contributed by atoms with Crippen LogP contribution in [0.5, 0.6) is 0 Å². The molecule has 25 heavy (non-hydrogen) atoms. The molecule has 0 spiro atoms. The first-order chi connectivity index (χ1) is 12.2. The molecule has 0 aliphatic rings. The number of aromatic nitrogens is 2. The van der Waals surface area contributed by atoms with Crippen LogP contribution in [-0.2, 0) is 17.9 Å². The van der Waals surface area contributed by atoms with Gasteiger partial charge in [0.2, 0.25) is 5.91 Å². The first kappa shape index (κ1) is 17.0. The minimum absolute atomic E-state index is 0.0430. The monoisotopic (exact) mass is 338 g/mol. The van der Waals surface area contributed by atoms with Crippen LogP contribution in [-0.4, -0.2) is 22.4 Å². The van der Waals surface area contributed by atoms with Gasteiger partial charge in [0, 0.05) is 50.0 Å². The second kappa shape index (κ2) is 8.30.